The summed E-state index contributed by atoms with van der Waals surface area (Å²) in [6.45, 7) is 4.31. The van der Waals surface area contributed by atoms with E-state index in [9.17, 15) is 5.11 Å². The lowest BCUT2D eigenvalue weighted by Gasteiger charge is -2.36. The van der Waals surface area contributed by atoms with Gasteiger partial charge in [-0.2, -0.15) is 0 Å². The van der Waals surface area contributed by atoms with Gasteiger partial charge in [0, 0.05) is 56.2 Å². The second kappa shape index (κ2) is 10.3. The average molecular weight is 418 g/mol. The van der Waals surface area contributed by atoms with Crippen molar-refractivity contribution in [2.45, 2.75) is 6.10 Å². The first-order valence-corrected chi connectivity index (χ1v) is 9.97. The van der Waals surface area contributed by atoms with Crippen LogP contribution in [0.4, 0.5) is 11.4 Å². The number of nitrogen functional groups attached to an aromatic ring is 1. The van der Waals surface area contributed by atoms with Gasteiger partial charge in [0.05, 0.1) is 21.3 Å². The fourth-order valence-electron chi connectivity index (χ4n) is 3.56. The number of nitrogens with two attached hydrogens (primary N) is 1. The molecule has 3 rings (SSSR count). The van der Waals surface area contributed by atoms with Crippen molar-refractivity contribution in [2.24, 2.45) is 0 Å². The first kappa shape index (κ1) is 21.9. The van der Waals surface area contributed by atoms with Crippen LogP contribution in [0.15, 0.2) is 36.4 Å². The molecule has 1 saturated heterocycles. The standard InChI is InChI=1S/C22H31N3O5/c1-27-20-12-19(13-21(28-2)22(20)29-3)30-15-18(26)14-24-8-10-25(11-9-24)17-6-4-16(23)5-7-17/h4-7,12-13,18,26H,8-11,14-15,23H2,1-3H3. The minimum absolute atomic E-state index is 0.177. The minimum Gasteiger partial charge on any atom is -0.493 e. The van der Waals surface area contributed by atoms with Crippen LogP contribution >= 0.6 is 0 Å². The molecule has 1 aliphatic heterocycles. The van der Waals surface area contributed by atoms with Gasteiger partial charge in [-0.1, -0.05) is 0 Å². The molecule has 0 radical (unpaired) electrons. The van der Waals surface area contributed by atoms with E-state index in [4.69, 9.17) is 24.7 Å². The average Bonchev–Trinajstić information content (AvgIpc) is 2.78. The Balaban J connectivity index is 1.48. The molecule has 8 nitrogen and oxygen atoms in total. The van der Waals surface area contributed by atoms with Gasteiger partial charge >= 0.3 is 0 Å². The molecule has 1 fully saturated rings. The lowest BCUT2D eigenvalue weighted by molar-refractivity contribution is 0.0661. The molecule has 30 heavy (non-hydrogen) atoms. The fourth-order valence-corrected chi connectivity index (χ4v) is 3.56. The number of piperazine rings is 1. The maximum Gasteiger partial charge on any atom is 0.203 e. The Morgan fingerprint density at radius 1 is 0.933 bits per heavy atom. The van der Waals surface area contributed by atoms with E-state index in [2.05, 4.69) is 9.80 Å². The summed E-state index contributed by atoms with van der Waals surface area (Å²) in [5.74, 6) is 2.09. The number of rotatable bonds is 9. The van der Waals surface area contributed by atoms with Gasteiger partial charge in [-0.3, -0.25) is 4.90 Å². The van der Waals surface area contributed by atoms with Gasteiger partial charge in [0.15, 0.2) is 11.5 Å². The number of aliphatic hydroxyl groups excluding tert-OH is 1. The van der Waals surface area contributed by atoms with E-state index < -0.39 is 6.10 Å². The summed E-state index contributed by atoms with van der Waals surface area (Å²) in [5, 5.41) is 10.4. The monoisotopic (exact) mass is 417 g/mol. The third kappa shape index (κ3) is 5.40. The minimum atomic E-state index is -0.604. The summed E-state index contributed by atoms with van der Waals surface area (Å²) >= 11 is 0. The number of methoxy groups -OCH3 is 3. The number of hydrogen-bond donors (Lipinski definition) is 2. The number of ether oxygens (including phenoxy) is 4. The van der Waals surface area contributed by atoms with Crippen molar-refractivity contribution in [3.8, 4) is 23.0 Å². The van der Waals surface area contributed by atoms with Crippen LogP contribution in [0.1, 0.15) is 0 Å². The summed E-state index contributed by atoms with van der Waals surface area (Å²) < 4.78 is 21.8. The first-order valence-electron chi connectivity index (χ1n) is 9.97. The van der Waals surface area contributed by atoms with Crippen LogP contribution in [-0.2, 0) is 0 Å². The van der Waals surface area contributed by atoms with Gasteiger partial charge in [-0.15, -0.1) is 0 Å². The van der Waals surface area contributed by atoms with Crippen LogP contribution in [0.3, 0.4) is 0 Å². The van der Waals surface area contributed by atoms with Gasteiger partial charge in [-0.05, 0) is 24.3 Å². The smallest absolute Gasteiger partial charge is 0.203 e. The third-order valence-corrected chi connectivity index (χ3v) is 5.18. The first-order chi connectivity index (χ1) is 14.5. The molecule has 0 bridgehead atoms. The largest absolute Gasteiger partial charge is 0.493 e. The molecule has 1 aliphatic rings. The van der Waals surface area contributed by atoms with Crippen molar-refractivity contribution in [3.05, 3.63) is 36.4 Å². The number of β-amino-alcohol motifs (C(OH)–C–C–N with tert-alkyl or cyclic N) is 1. The molecule has 1 heterocycles. The SMILES string of the molecule is COc1cc(OCC(O)CN2CCN(c3ccc(N)cc3)CC2)cc(OC)c1OC. The quantitative estimate of drug-likeness (QED) is 0.598. The summed E-state index contributed by atoms with van der Waals surface area (Å²) in [4.78, 5) is 4.58. The molecule has 2 aromatic rings. The summed E-state index contributed by atoms with van der Waals surface area (Å²) in [6, 6.07) is 11.4. The molecular formula is C22H31N3O5. The Kier molecular flexibility index (Phi) is 7.48. The van der Waals surface area contributed by atoms with Crippen molar-refractivity contribution < 1.29 is 24.1 Å². The molecule has 8 heteroatoms. The van der Waals surface area contributed by atoms with E-state index in [-0.39, 0.29) is 6.61 Å². The van der Waals surface area contributed by atoms with Crippen LogP contribution in [0.2, 0.25) is 0 Å². The molecule has 0 saturated carbocycles. The number of aliphatic hydroxyl groups is 1. The van der Waals surface area contributed by atoms with E-state index in [1.54, 1.807) is 33.5 Å². The van der Waals surface area contributed by atoms with Crippen molar-refractivity contribution >= 4 is 11.4 Å². The molecule has 0 spiro atoms. The summed E-state index contributed by atoms with van der Waals surface area (Å²) in [7, 11) is 4.66. The molecule has 0 aliphatic carbocycles. The van der Waals surface area contributed by atoms with Gasteiger partial charge in [-0.25, -0.2) is 0 Å². The van der Waals surface area contributed by atoms with E-state index >= 15 is 0 Å². The highest BCUT2D eigenvalue weighted by Crippen LogP contribution is 2.40. The maximum absolute atomic E-state index is 10.4. The van der Waals surface area contributed by atoms with Crippen molar-refractivity contribution in [2.75, 3.05) is 71.3 Å². The van der Waals surface area contributed by atoms with Crippen LogP contribution in [0.25, 0.3) is 0 Å². The van der Waals surface area contributed by atoms with E-state index in [1.165, 1.54) is 5.69 Å². The molecule has 164 valence electrons. The Morgan fingerprint density at radius 3 is 2.07 bits per heavy atom. The lowest BCUT2D eigenvalue weighted by atomic mass is 10.2. The predicted molar refractivity (Wildman–Crippen MR) is 117 cm³/mol. The van der Waals surface area contributed by atoms with Crippen molar-refractivity contribution in [1.82, 2.24) is 4.90 Å². The zero-order valence-electron chi connectivity index (χ0n) is 17.8. The topological polar surface area (TPSA) is 89.7 Å². The van der Waals surface area contributed by atoms with Crippen molar-refractivity contribution in [1.29, 1.82) is 0 Å². The second-order valence-corrected chi connectivity index (χ2v) is 7.21. The molecule has 0 aromatic heterocycles. The normalized spacial score (nSPS) is 15.5. The summed E-state index contributed by atoms with van der Waals surface area (Å²) in [6.07, 6.45) is -0.604. The number of benzene rings is 2. The molecular weight excluding hydrogens is 386 g/mol. The van der Waals surface area contributed by atoms with Crippen molar-refractivity contribution in [3.63, 3.8) is 0 Å². The Labute approximate surface area is 177 Å². The van der Waals surface area contributed by atoms with Crippen LogP contribution in [0, 0.1) is 0 Å². The predicted octanol–water partition coefficient (Wildman–Crippen LogP) is 1.86. The number of hydrogen-bond acceptors (Lipinski definition) is 8. The Morgan fingerprint density at radius 2 is 1.53 bits per heavy atom. The molecule has 3 N–H and O–H groups in total. The maximum atomic E-state index is 10.4. The van der Waals surface area contributed by atoms with Gasteiger partial charge in [0.2, 0.25) is 5.75 Å². The van der Waals surface area contributed by atoms with Crippen LogP contribution in [0.5, 0.6) is 23.0 Å². The molecule has 0 amide bonds. The zero-order chi connectivity index (χ0) is 21.5. The van der Waals surface area contributed by atoms with E-state index in [0.29, 0.717) is 29.5 Å². The van der Waals surface area contributed by atoms with Gasteiger partial charge in [0.1, 0.15) is 18.5 Å². The van der Waals surface area contributed by atoms with Crippen LogP contribution in [-0.4, -0.2) is 76.8 Å². The Hall–Kier alpha value is -2.84. The molecule has 1 atom stereocenters. The highest BCUT2D eigenvalue weighted by molar-refractivity contribution is 5.56. The van der Waals surface area contributed by atoms with Gasteiger partial charge in [0.25, 0.3) is 0 Å². The zero-order valence-corrected chi connectivity index (χ0v) is 17.8. The fraction of sp³-hybridized carbons (Fsp3) is 0.455. The number of anilines is 2. The second-order valence-electron chi connectivity index (χ2n) is 7.21. The van der Waals surface area contributed by atoms with E-state index in [0.717, 1.165) is 31.9 Å². The van der Waals surface area contributed by atoms with E-state index in [1.807, 2.05) is 24.3 Å². The lowest BCUT2D eigenvalue weighted by Crippen LogP contribution is -2.49. The molecule has 1 unspecified atom stereocenters. The third-order valence-electron chi connectivity index (χ3n) is 5.18. The highest BCUT2D eigenvalue weighted by atomic mass is 16.5. The summed E-state index contributed by atoms with van der Waals surface area (Å²) in [5.41, 5.74) is 7.71. The molecule has 2 aromatic carbocycles. The Bertz CT molecular complexity index is 782. The van der Waals surface area contributed by atoms with Crippen LogP contribution < -0.4 is 29.6 Å². The highest BCUT2D eigenvalue weighted by Gasteiger charge is 2.20. The number of nitrogens with zero attached hydrogens (tertiary/aromatic N) is 2. The van der Waals surface area contributed by atoms with Gasteiger partial charge < -0.3 is 34.7 Å².